The Bertz CT molecular complexity index is 373. The minimum atomic E-state index is -0.208. The second-order valence-corrected chi connectivity index (χ2v) is 5.24. The highest BCUT2D eigenvalue weighted by Gasteiger charge is 2.67. The summed E-state index contributed by atoms with van der Waals surface area (Å²) >= 11 is 0. The van der Waals surface area contributed by atoms with E-state index in [1.165, 1.54) is 0 Å². The molecule has 2 nitrogen and oxygen atoms in total. The molecule has 0 aromatic heterocycles. The Labute approximate surface area is 99.0 Å². The molecule has 0 saturated carbocycles. The van der Waals surface area contributed by atoms with E-state index in [1.54, 1.807) is 0 Å². The molecule has 2 heterocycles. The number of likely N-dealkylation sites (N-methyl/N-ethyl adjacent to an activating group) is 1. The molecule has 0 amide bonds. The third-order valence-electron chi connectivity index (χ3n) is 4.32. The number of terminal acetylenes is 2. The second-order valence-electron chi connectivity index (χ2n) is 5.24. The van der Waals surface area contributed by atoms with Crippen LogP contribution in [-0.4, -0.2) is 47.6 Å². The van der Waals surface area contributed by atoms with Gasteiger partial charge in [0.25, 0.3) is 0 Å². The van der Waals surface area contributed by atoms with Gasteiger partial charge in [-0.05, 0) is 20.4 Å². The molecule has 0 radical (unpaired) electrons. The minimum Gasteiger partial charge on any atom is -0.296 e. The van der Waals surface area contributed by atoms with Crippen LogP contribution in [0.15, 0.2) is 0 Å². The third-order valence-corrected chi connectivity index (χ3v) is 4.32. The van der Waals surface area contributed by atoms with E-state index in [2.05, 4.69) is 42.4 Å². The quantitative estimate of drug-likeness (QED) is 0.636. The molecule has 0 aromatic carbocycles. The first kappa shape index (κ1) is 11.5. The van der Waals surface area contributed by atoms with Gasteiger partial charge in [0, 0.05) is 25.7 Å². The zero-order chi connectivity index (χ0) is 12.0. The fraction of sp³-hybridized carbons (Fsp3) is 0.714. The minimum absolute atomic E-state index is 0.109. The number of likely N-dealkylation sites (tertiary alicyclic amines) is 2. The standard InChI is InChI=1S/C14H20N2/c1-6-13-9-15(12(4)5)11-14(13,7-2)16(8-3)10-13/h1-2,12H,8-11H2,3-5H3/t13-,14-/m1/s1. The first-order valence-corrected chi connectivity index (χ1v) is 6.00. The molecule has 0 aliphatic carbocycles. The van der Waals surface area contributed by atoms with Crippen molar-refractivity contribution in [2.24, 2.45) is 5.41 Å². The van der Waals surface area contributed by atoms with Crippen LogP contribution in [0.4, 0.5) is 0 Å². The van der Waals surface area contributed by atoms with Crippen molar-refractivity contribution in [2.45, 2.75) is 32.4 Å². The van der Waals surface area contributed by atoms with Crippen molar-refractivity contribution in [3.63, 3.8) is 0 Å². The molecular formula is C14H20N2. The summed E-state index contributed by atoms with van der Waals surface area (Å²) in [6.45, 7) is 10.4. The Kier molecular flexibility index (Phi) is 2.54. The summed E-state index contributed by atoms with van der Waals surface area (Å²) < 4.78 is 0. The van der Waals surface area contributed by atoms with E-state index in [0.717, 1.165) is 26.2 Å². The van der Waals surface area contributed by atoms with Crippen LogP contribution in [-0.2, 0) is 0 Å². The highest BCUT2D eigenvalue weighted by Crippen LogP contribution is 2.52. The fourth-order valence-corrected chi connectivity index (χ4v) is 3.16. The molecule has 2 fully saturated rings. The molecule has 0 bridgehead atoms. The van der Waals surface area contributed by atoms with Gasteiger partial charge in [-0.15, -0.1) is 12.8 Å². The normalized spacial score (nSPS) is 38.9. The highest BCUT2D eigenvalue weighted by atomic mass is 15.4. The van der Waals surface area contributed by atoms with Crippen molar-refractivity contribution >= 4 is 0 Å². The number of rotatable bonds is 2. The maximum Gasteiger partial charge on any atom is 0.114 e. The molecule has 2 rings (SSSR count). The van der Waals surface area contributed by atoms with Gasteiger partial charge in [-0.2, -0.15) is 0 Å². The van der Waals surface area contributed by atoms with Crippen molar-refractivity contribution in [2.75, 3.05) is 26.2 Å². The Hall–Kier alpha value is -0.960. The van der Waals surface area contributed by atoms with Gasteiger partial charge in [0.05, 0.1) is 5.41 Å². The molecule has 86 valence electrons. The number of nitrogens with zero attached hydrogens (tertiary/aromatic N) is 2. The lowest BCUT2D eigenvalue weighted by Gasteiger charge is -2.57. The Morgan fingerprint density at radius 2 is 1.88 bits per heavy atom. The van der Waals surface area contributed by atoms with Crippen LogP contribution in [0.5, 0.6) is 0 Å². The summed E-state index contributed by atoms with van der Waals surface area (Å²) in [5, 5.41) is 0. The summed E-state index contributed by atoms with van der Waals surface area (Å²) in [6.07, 6.45) is 11.5. The van der Waals surface area contributed by atoms with E-state index in [4.69, 9.17) is 12.8 Å². The van der Waals surface area contributed by atoms with Crippen molar-refractivity contribution < 1.29 is 0 Å². The van der Waals surface area contributed by atoms with Crippen LogP contribution in [0, 0.1) is 30.1 Å². The molecule has 2 aliphatic rings. The van der Waals surface area contributed by atoms with Gasteiger partial charge in [0.1, 0.15) is 5.54 Å². The first-order chi connectivity index (χ1) is 7.55. The predicted octanol–water partition coefficient (Wildman–Crippen LogP) is 1.04. The fourth-order valence-electron chi connectivity index (χ4n) is 3.16. The Morgan fingerprint density at radius 1 is 1.19 bits per heavy atom. The Morgan fingerprint density at radius 3 is 2.31 bits per heavy atom. The molecule has 0 spiro atoms. The van der Waals surface area contributed by atoms with Crippen molar-refractivity contribution in [3.8, 4) is 24.7 Å². The summed E-state index contributed by atoms with van der Waals surface area (Å²) in [7, 11) is 0. The van der Waals surface area contributed by atoms with Gasteiger partial charge < -0.3 is 0 Å². The number of hydrogen-bond acceptors (Lipinski definition) is 2. The van der Waals surface area contributed by atoms with Gasteiger partial charge in [-0.25, -0.2) is 0 Å². The van der Waals surface area contributed by atoms with E-state index < -0.39 is 0 Å². The number of fused-ring (bicyclic) bond motifs is 1. The van der Waals surface area contributed by atoms with Gasteiger partial charge in [-0.3, -0.25) is 9.80 Å². The number of hydrogen-bond donors (Lipinski definition) is 0. The molecule has 2 saturated heterocycles. The summed E-state index contributed by atoms with van der Waals surface area (Å²) in [5.74, 6) is 5.99. The van der Waals surface area contributed by atoms with Crippen LogP contribution in [0.1, 0.15) is 20.8 Å². The molecular weight excluding hydrogens is 196 g/mol. The zero-order valence-corrected chi connectivity index (χ0v) is 10.5. The largest absolute Gasteiger partial charge is 0.296 e. The van der Waals surface area contributed by atoms with Crippen molar-refractivity contribution in [1.82, 2.24) is 9.80 Å². The van der Waals surface area contributed by atoms with E-state index >= 15 is 0 Å². The lowest BCUT2D eigenvalue weighted by atomic mass is 9.64. The van der Waals surface area contributed by atoms with Crippen LogP contribution in [0.25, 0.3) is 0 Å². The molecule has 0 unspecified atom stereocenters. The van der Waals surface area contributed by atoms with Crippen molar-refractivity contribution in [3.05, 3.63) is 0 Å². The third kappa shape index (κ3) is 1.12. The molecule has 2 heteroatoms. The van der Waals surface area contributed by atoms with Gasteiger partial charge >= 0.3 is 0 Å². The summed E-state index contributed by atoms with van der Waals surface area (Å²) in [6, 6.07) is 0.514. The van der Waals surface area contributed by atoms with Crippen LogP contribution in [0.3, 0.4) is 0 Å². The molecule has 2 aliphatic heterocycles. The van der Waals surface area contributed by atoms with Gasteiger partial charge in [-0.1, -0.05) is 18.8 Å². The maximum absolute atomic E-state index is 5.78. The van der Waals surface area contributed by atoms with Gasteiger partial charge in [0.2, 0.25) is 0 Å². The molecule has 2 atom stereocenters. The predicted molar refractivity (Wildman–Crippen MR) is 66.8 cm³/mol. The highest BCUT2D eigenvalue weighted by molar-refractivity contribution is 5.41. The Balaban J connectivity index is 2.34. The van der Waals surface area contributed by atoms with Crippen LogP contribution >= 0.6 is 0 Å². The lowest BCUT2D eigenvalue weighted by molar-refractivity contribution is -0.0436. The summed E-state index contributed by atoms with van der Waals surface area (Å²) in [4.78, 5) is 4.75. The maximum atomic E-state index is 5.78. The first-order valence-electron chi connectivity index (χ1n) is 6.00. The SMILES string of the molecule is C#C[C@]12CN(C(C)C)C[C@@]1(C#C)N(CC)C2. The van der Waals surface area contributed by atoms with Crippen molar-refractivity contribution in [1.29, 1.82) is 0 Å². The second kappa shape index (κ2) is 3.52. The van der Waals surface area contributed by atoms with E-state index in [1.807, 2.05) is 0 Å². The lowest BCUT2D eigenvalue weighted by Crippen LogP contribution is -2.72. The van der Waals surface area contributed by atoms with E-state index in [-0.39, 0.29) is 11.0 Å². The van der Waals surface area contributed by atoms with Crippen LogP contribution < -0.4 is 0 Å². The van der Waals surface area contributed by atoms with Crippen LogP contribution in [0.2, 0.25) is 0 Å². The molecule has 0 N–H and O–H groups in total. The molecule has 16 heavy (non-hydrogen) atoms. The summed E-state index contributed by atoms with van der Waals surface area (Å²) in [5.41, 5.74) is -0.317. The van der Waals surface area contributed by atoms with E-state index in [9.17, 15) is 0 Å². The average molecular weight is 216 g/mol. The monoisotopic (exact) mass is 216 g/mol. The smallest absolute Gasteiger partial charge is 0.114 e. The molecule has 0 aromatic rings. The van der Waals surface area contributed by atoms with E-state index in [0.29, 0.717) is 6.04 Å². The average Bonchev–Trinajstić information content (AvgIpc) is 2.51. The van der Waals surface area contributed by atoms with Gasteiger partial charge in [0.15, 0.2) is 0 Å². The topological polar surface area (TPSA) is 6.48 Å². The zero-order valence-electron chi connectivity index (χ0n) is 10.5.